The summed E-state index contributed by atoms with van der Waals surface area (Å²) in [5.74, 6) is 0. The van der Waals surface area contributed by atoms with Crippen molar-refractivity contribution in [2.45, 2.75) is 12.3 Å². The molecule has 6 heavy (non-hydrogen) atoms. The monoisotopic (exact) mass is 124 g/mol. The van der Waals surface area contributed by atoms with E-state index in [9.17, 15) is 4.79 Å². The summed E-state index contributed by atoms with van der Waals surface area (Å²) >= 11 is 8.61. The van der Waals surface area contributed by atoms with Crippen LogP contribution in [0.15, 0.2) is 0 Å². The first kappa shape index (κ1) is 6.31. The van der Waals surface area contributed by atoms with Crippen molar-refractivity contribution in [2.24, 2.45) is 0 Å². The van der Waals surface area contributed by atoms with E-state index < -0.39 is 5.38 Å². The van der Waals surface area contributed by atoms with E-state index in [2.05, 4.69) is 12.6 Å². The quantitative estimate of drug-likeness (QED) is 0.409. The lowest BCUT2D eigenvalue weighted by Crippen LogP contribution is -1.99. The largest absolute Gasteiger partial charge is 0.286 e. The Morgan fingerprint density at radius 3 is 2.17 bits per heavy atom. The molecule has 0 N–H and O–H groups in total. The third kappa shape index (κ3) is 2.54. The van der Waals surface area contributed by atoms with Crippen molar-refractivity contribution in [3.63, 3.8) is 0 Å². The summed E-state index contributed by atoms with van der Waals surface area (Å²) in [6.45, 7) is 1.58. The van der Waals surface area contributed by atoms with Gasteiger partial charge in [0.2, 0.25) is 5.12 Å². The Morgan fingerprint density at radius 2 is 2.17 bits per heavy atom. The zero-order chi connectivity index (χ0) is 5.15. The van der Waals surface area contributed by atoms with E-state index in [1.807, 2.05) is 0 Å². The first-order chi connectivity index (χ1) is 2.64. The van der Waals surface area contributed by atoms with Crippen LogP contribution in [0.4, 0.5) is 0 Å². The molecule has 0 aliphatic heterocycles. The van der Waals surface area contributed by atoms with E-state index in [0.717, 1.165) is 0 Å². The Balaban J connectivity index is 3.26. The van der Waals surface area contributed by atoms with E-state index >= 15 is 0 Å². The Hall–Kier alpha value is 0.310. The lowest BCUT2D eigenvalue weighted by Gasteiger charge is -1.86. The maximum Gasteiger partial charge on any atom is 0.203 e. The third-order valence-electron chi connectivity index (χ3n) is 0.340. The first-order valence-corrected chi connectivity index (χ1v) is 2.40. The van der Waals surface area contributed by atoms with Crippen molar-refractivity contribution < 1.29 is 4.79 Å². The maximum atomic E-state index is 9.88. The molecule has 0 aromatic heterocycles. The van der Waals surface area contributed by atoms with Gasteiger partial charge >= 0.3 is 0 Å². The Labute approximate surface area is 47.1 Å². The molecule has 0 fully saturated rings. The van der Waals surface area contributed by atoms with Gasteiger partial charge in [0, 0.05) is 0 Å². The Bertz CT molecular complexity index is 61.8. The number of halogens is 1. The highest BCUT2D eigenvalue weighted by atomic mass is 35.5. The van der Waals surface area contributed by atoms with Crippen LogP contribution in [-0.4, -0.2) is 10.5 Å². The van der Waals surface area contributed by atoms with Crippen LogP contribution in [0.3, 0.4) is 0 Å². The first-order valence-electron chi connectivity index (χ1n) is 1.51. The van der Waals surface area contributed by atoms with Crippen LogP contribution in [0.1, 0.15) is 6.92 Å². The molecular weight excluding hydrogens is 120 g/mol. The van der Waals surface area contributed by atoms with Gasteiger partial charge in [0.25, 0.3) is 0 Å². The summed E-state index contributed by atoms with van der Waals surface area (Å²) in [7, 11) is 0. The molecule has 0 aliphatic carbocycles. The molecule has 0 rings (SSSR count). The fourth-order valence-electron chi connectivity index (χ4n) is 0. The maximum absolute atomic E-state index is 9.88. The van der Waals surface area contributed by atoms with Gasteiger partial charge in [-0.05, 0) is 6.92 Å². The molecule has 0 radical (unpaired) electrons. The van der Waals surface area contributed by atoms with E-state index in [4.69, 9.17) is 11.6 Å². The average molecular weight is 125 g/mol. The van der Waals surface area contributed by atoms with Gasteiger partial charge in [-0.15, -0.1) is 24.2 Å². The number of hydrogen-bond donors (Lipinski definition) is 1. The molecule has 0 aromatic rings. The zero-order valence-corrected chi connectivity index (χ0v) is 4.96. The van der Waals surface area contributed by atoms with Crippen LogP contribution < -0.4 is 0 Å². The fourth-order valence-corrected chi connectivity index (χ4v) is 0. The van der Waals surface area contributed by atoms with Gasteiger partial charge in [-0.1, -0.05) is 0 Å². The second-order valence-corrected chi connectivity index (χ2v) is 2.05. The number of carbonyl (C=O) groups is 1. The summed E-state index contributed by atoms with van der Waals surface area (Å²) in [6.07, 6.45) is 0. The van der Waals surface area contributed by atoms with E-state index in [0.29, 0.717) is 0 Å². The lowest BCUT2D eigenvalue weighted by atomic mass is 10.5. The molecule has 0 aromatic carbocycles. The van der Waals surface area contributed by atoms with Crippen molar-refractivity contribution in [1.29, 1.82) is 0 Å². The molecule has 0 bridgehead atoms. The zero-order valence-electron chi connectivity index (χ0n) is 3.31. The highest BCUT2D eigenvalue weighted by Crippen LogP contribution is 1.96. The predicted octanol–water partition coefficient (Wildman–Crippen LogP) is 1.07. The lowest BCUT2D eigenvalue weighted by molar-refractivity contribution is -0.110. The molecule has 0 spiro atoms. The molecule has 3 heteroatoms. The number of thiol groups is 1. The second kappa shape index (κ2) is 2.48. The highest BCUT2D eigenvalue weighted by molar-refractivity contribution is 7.96. The van der Waals surface area contributed by atoms with Crippen LogP contribution in [0.2, 0.25) is 0 Å². The molecule has 0 aliphatic rings. The molecule has 36 valence electrons. The van der Waals surface area contributed by atoms with Crippen LogP contribution >= 0.6 is 24.2 Å². The molecule has 0 saturated carbocycles. The minimum Gasteiger partial charge on any atom is -0.286 e. The van der Waals surface area contributed by atoms with Gasteiger partial charge in [0.05, 0.1) is 5.38 Å². The molecule has 1 unspecified atom stereocenters. The standard InChI is InChI=1S/C3H5ClOS/c1-2(4)3(5)6/h2H,1H3,(H,5,6). The van der Waals surface area contributed by atoms with Gasteiger partial charge in [-0.25, -0.2) is 0 Å². The summed E-state index contributed by atoms with van der Waals surface area (Å²) in [5.41, 5.74) is 0. The number of carbonyl (C=O) groups excluding carboxylic acids is 1. The predicted molar refractivity (Wildman–Crippen MR) is 29.3 cm³/mol. The molecular formula is C3H5ClOS. The second-order valence-electron chi connectivity index (χ2n) is 0.954. The van der Waals surface area contributed by atoms with Crippen LogP contribution in [0.25, 0.3) is 0 Å². The number of alkyl halides is 1. The third-order valence-corrected chi connectivity index (χ3v) is 1.08. The van der Waals surface area contributed by atoms with Crippen molar-refractivity contribution in [1.82, 2.24) is 0 Å². The van der Waals surface area contributed by atoms with Crippen molar-refractivity contribution in [3.8, 4) is 0 Å². The SMILES string of the molecule is CC(Cl)C(=O)S. The Morgan fingerprint density at radius 1 is 2.00 bits per heavy atom. The minimum atomic E-state index is -0.451. The minimum absolute atomic E-state index is 0.281. The topological polar surface area (TPSA) is 17.1 Å². The van der Waals surface area contributed by atoms with E-state index in [1.54, 1.807) is 6.92 Å². The average Bonchev–Trinajstić information content (AvgIpc) is 1.36. The van der Waals surface area contributed by atoms with Crippen LogP contribution in [0.5, 0.6) is 0 Å². The number of hydrogen-bond acceptors (Lipinski definition) is 1. The van der Waals surface area contributed by atoms with Crippen molar-refractivity contribution in [3.05, 3.63) is 0 Å². The smallest absolute Gasteiger partial charge is 0.203 e. The normalized spacial score (nSPS) is 13.8. The van der Waals surface area contributed by atoms with Gasteiger partial charge in [0.15, 0.2) is 0 Å². The highest BCUT2D eigenvalue weighted by Gasteiger charge is 1.99. The fraction of sp³-hybridized carbons (Fsp3) is 0.667. The summed E-state index contributed by atoms with van der Waals surface area (Å²) < 4.78 is 0. The number of rotatable bonds is 1. The van der Waals surface area contributed by atoms with E-state index in [-0.39, 0.29) is 5.12 Å². The van der Waals surface area contributed by atoms with Crippen molar-refractivity contribution >= 4 is 29.3 Å². The summed E-state index contributed by atoms with van der Waals surface area (Å²) in [4.78, 5) is 9.88. The molecule has 1 atom stereocenters. The van der Waals surface area contributed by atoms with Gasteiger partial charge in [-0.2, -0.15) is 0 Å². The summed E-state index contributed by atoms with van der Waals surface area (Å²) in [5, 5.41) is -0.731. The molecule has 0 heterocycles. The van der Waals surface area contributed by atoms with Crippen molar-refractivity contribution in [2.75, 3.05) is 0 Å². The summed E-state index contributed by atoms with van der Waals surface area (Å²) in [6, 6.07) is 0. The molecule has 1 nitrogen and oxygen atoms in total. The van der Waals surface area contributed by atoms with E-state index in [1.165, 1.54) is 0 Å². The Kier molecular flexibility index (Phi) is 2.61. The van der Waals surface area contributed by atoms with Gasteiger partial charge < -0.3 is 0 Å². The van der Waals surface area contributed by atoms with Gasteiger partial charge in [0.1, 0.15) is 0 Å². The van der Waals surface area contributed by atoms with Crippen LogP contribution in [0, 0.1) is 0 Å². The van der Waals surface area contributed by atoms with Crippen LogP contribution in [-0.2, 0) is 4.79 Å². The molecule has 0 saturated heterocycles. The molecule has 0 amide bonds. The van der Waals surface area contributed by atoms with Gasteiger partial charge in [-0.3, -0.25) is 4.79 Å².